The Morgan fingerprint density at radius 1 is 1.00 bits per heavy atom. The van der Waals surface area contributed by atoms with Crippen molar-refractivity contribution in [3.63, 3.8) is 0 Å². The molecule has 3 aromatic carbocycles. The molecule has 0 aliphatic heterocycles. The zero-order valence-corrected chi connectivity index (χ0v) is 19.2. The van der Waals surface area contributed by atoms with Crippen LogP contribution in [-0.2, 0) is 16.6 Å². The number of nitrogens with one attached hydrogen (secondary N) is 1. The molecule has 1 amide bonds. The Kier molecular flexibility index (Phi) is 7.30. The molecule has 0 aromatic heterocycles. The number of anilines is 1. The molecule has 0 fully saturated rings. The SMILES string of the molecule is CCC(NC(=O)c1ccc(CN(c2ccccc2F)S(C)(=O)=O)cc1)c1ccc(C)cc1. The number of aryl methyl sites for hydroxylation is 1. The summed E-state index contributed by atoms with van der Waals surface area (Å²) in [5, 5.41) is 3.04. The summed E-state index contributed by atoms with van der Waals surface area (Å²) < 4.78 is 39.8. The highest BCUT2D eigenvalue weighted by atomic mass is 32.2. The van der Waals surface area contributed by atoms with Crippen molar-refractivity contribution >= 4 is 21.6 Å². The molecule has 3 aromatic rings. The Hall–Kier alpha value is -3.19. The molecule has 0 aliphatic rings. The third-order valence-electron chi connectivity index (χ3n) is 5.26. The number of carbonyl (C=O) groups is 1. The molecule has 1 atom stereocenters. The van der Waals surface area contributed by atoms with Gasteiger partial charge in [-0.15, -0.1) is 0 Å². The molecule has 168 valence electrons. The zero-order valence-electron chi connectivity index (χ0n) is 18.4. The topological polar surface area (TPSA) is 66.5 Å². The summed E-state index contributed by atoms with van der Waals surface area (Å²) in [6.45, 7) is 3.99. The van der Waals surface area contributed by atoms with Crippen LogP contribution in [0.4, 0.5) is 10.1 Å². The maximum atomic E-state index is 14.2. The summed E-state index contributed by atoms with van der Waals surface area (Å²) in [5.41, 5.74) is 3.29. The molecule has 0 saturated carbocycles. The monoisotopic (exact) mass is 454 g/mol. The van der Waals surface area contributed by atoms with Crippen LogP contribution in [-0.4, -0.2) is 20.6 Å². The van der Waals surface area contributed by atoms with Gasteiger partial charge >= 0.3 is 0 Å². The lowest BCUT2D eigenvalue weighted by atomic mass is 10.0. The molecule has 1 N–H and O–H groups in total. The van der Waals surface area contributed by atoms with E-state index in [1.54, 1.807) is 30.3 Å². The van der Waals surface area contributed by atoms with Crippen molar-refractivity contribution in [3.05, 3.63) is 101 Å². The van der Waals surface area contributed by atoms with E-state index in [9.17, 15) is 17.6 Å². The van der Waals surface area contributed by atoms with Crippen LogP contribution in [0.5, 0.6) is 0 Å². The lowest BCUT2D eigenvalue weighted by Gasteiger charge is -2.23. The first-order valence-corrected chi connectivity index (χ1v) is 12.2. The number of nitrogens with zero attached hydrogens (tertiary/aromatic N) is 1. The van der Waals surface area contributed by atoms with Crippen molar-refractivity contribution in [2.24, 2.45) is 0 Å². The van der Waals surface area contributed by atoms with Gasteiger partial charge in [0.05, 0.1) is 24.5 Å². The molecule has 5 nitrogen and oxygen atoms in total. The Labute approximate surface area is 188 Å². The maximum Gasteiger partial charge on any atom is 0.251 e. The highest BCUT2D eigenvalue weighted by molar-refractivity contribution is 7.92. The van der Waals surface area contributed by atoms with E-state index in [1.807, 2.05) is 38.1 Å². The number of para-hydroxylation sites is 1. The molecule has 0 aliphatic carbocycles. The Morgan fingerprint density at radius 3 is 2.19 bits per heavy atom. The average molecular weight is 455 g/mol. The lowest BCUT2D eigenvalue weighted by Crippen LogP contribution is -2.30. The van der Waals surface area contributed by atoms with E-state index in [0.717, 1.165) is 28.1 Å². The average Bonchev–Trinajstić information content (AvgIpc) is 2.76. The fourth-order valence-electron chi connectivity index (χ4n) is 3.42. The van der Waals surface area contributed by atoms with Gasteiger partial charge in [-0.25, -0.2) is 12.8 Å². The zero-order chi connectivity index (χ0) is 23.3. The second-order valence-corrected chi connectivity index (χ2v) is 9.67. The Balaban J connectivity index is 1.75. The lowest BCUT2D eigenvalue weighted by molar-refractivity contribution is 0.0935. The molecule has 0 spiro atoms. The Morgan fingerprint density at radius 2 is 1.62 bits per heavy atom. The molecule has 0 saturated heterocycles. The first-order chi connectivity index (χ1) is 15.2. The minimum Gasteiger partial charge on any atom is -0.345 e. The number of benzene rings is 3. The predicted molar refractivity (Wildman–Crippen MR) is 126 cm³/mol. The fraction of sp³-hybridized carbons (Fsp3) is 0.240. The highest BCUT2D eigenvalue weighted by Gasteiger charge is 2.21. The number of hydrogen-bond acceptors (Lipinski definition) is 3. The van der Waals surface area contributed by atoms with Gasteiger partial charge in [0.25, 0.3) is 5.91 Å². The predicted octanol–water partition coefficient (Wildman–Crippen LogP) is 4.98. The smallest absolute Gasteiger partial charge is 0.251 e. The molecule has 0 heterocycles. The molecular weight excluding hydrogens is 427 g/mol. The maximum absolute atomic E-state index is 14.2. The van der Waals surface area contributed by atoms with Gasteiger partial charge in [0.2, 0.25) is 10.0 Å². The van der Waals surface area contributed by atoms with E-state index in [1.165, 1.54) is 18.2 Å². The van der Waals surface area contributed by atoms with Gasteiger partial charge in [0.15, 0.2) is 0 Å². The van der Waals surface area contributed by atoms with Gasteiger partial charge in [0, 0.05) is 5.56 Å². The number of carbonyl (C=O) groups excluding carboxylic acids is 1. The normalized spacial score (nSPS) is 12.2. The van der Waals surface area contributed by atoms with Crippen molar-refractivity contribution < 1.29 is 17.6 Å². The van der Waals surface area contributed by atoms with Gasteiger partial charge in [-0.05, 0) is 48.7 Å². The molecule has 1 unspecified atom stereocenters. The number of rotatable bonds is 8. The van der Waals surface area contributed by atoms with Crippen molar-refractivity contribution in [2.45, 2.75) is 32.9 Å². The van der Waals surface area contributed by atoms with E-state index in [-0.39, 0.29) is 24.2 Å². The number of halogens is 1. The molecule has 0 radical (unpaired) electrons. The molecule has 0 bridgehead atoms. The van der Waals surface area contributed by atoms with E-state index >= 15 is 0 Å². The van der Waals surface area contributed by atoms with Gasteiger partial charge in [-0.2, -0.15) is 0 Å². The van der Waals surface area contributed by atoms with Gasteiger partial charge in [-0.1, -0.05) is 61.0 Å². The van der Waals surface area contributed by atoms with Crippen LogP contribution < -0.4 is 9.62 Å². The second kappa shape index (κ2) is 9.96. The molecule has 7 heteroatoms. The number of amides is 1. The van der Waals surface area contributed by atoms with Crippen molar-refractivity contribution in [3.8, 4) is 0 Å². The van der Waals surface area contributed by atoms with Gasteiger partial charge in [0.1, 0.15) is 5.82 Å². The third kappa shape index (κ3) is 5.73. The van der Waals surface area contributed by atoms with Crippen LogP contribution in [0.2, 0.25) is 0 Å². The summed E-state index contributed by atoms with van der Waals surface area (Å²) >= 11 is 0. The summed E-state index contributed by atoms with van der Waals surface area (Å²) in [6.07, 6.45) is 1.79. The van der Waals surface area contributed by atoms with Gasteiger partial charge in [-0.3, -0.25) is 9.10 Å². The van der Waals surface area contributed by atoms with E-state index in [2.05, 4.69) is 5.32 Å². The second-order valence-electron chi connectivity index (χ2n) is 7.76. The van der Waals surface area contributed by atoms with Crippen LogP contribution in [0.3, 0.4) is 0 Å². The summed E-state index contributed by atoms with van der Waals surface area (Å²) in [5.74, 6) is -0.825. The molecular formula is C25H27FN2O3S. The first kappa shape index (κ1) is 23.5. The first-order valence-electron chi connectivity index (χ1n) is 10.4. The van der Waals surface area contributed by atoms with E-state index < -0.39 is 15.8 Å². The van der Waals surface area contributed by atoms with Crippen LogP contribution in [0.15, 0.2) is 72.8 Å². The van der Waals surface area contributed by atoms with Crippen LogP contribution in [0, 0.1) is 12.7 Å². The fourth-order valence-corrected chi connectivity index (χ4v) is 4.31. The number of hydrogen-bond donors (Lipinski definition) is 1. The Bertz CT molecular complexity index is 1180. The summed E-state index contributed by atoms with van der Waals surface area (Å²) in [6, 6.07) is 20.3. The van der Waals surface area contributed by atoms with Crippen LogP contribution >= 0.6 is 0 Å². The highest BCUT2D eigenvalue weighted by Crippen LogP contribution is 2.24. The summed E-state index contributed by atoms with van der Waals surface area (Å²) in [7, 11) is -3.70. The van der Waals surface area contributed by atoms with E-state index in [0.29, 0.717) is 11.1 Å². The quantitative estimate of drug-likeness (QED) is 0.522. The largest absolute Gasteiger partial charge is 0.345 e. The molecule has 3 rings (SSSR count). The van der Waals surface area contributed by atoms with Crippen LogP contribution in [0.1, 0.15) is 46.4 Å². The summed E-state index contributed by atoms with van der Waals surface area (Å²) in [4.78, 5) is 12.7. The third-order valence-corrected chi connectivity index (χ3v) is 6.38. The van der Waals surface area contributed by atoms with Crippen LogP contribution in [0.25, 0.3) is 0 Å². The standard InChI is InChI=1S/C25H27FN2O3S/c1-4-23(20-13-9-18(2)10-14-20)27-25(29)21-15-11-19(12-16-21)17-28(32(3,30)31)24-8-6-5-7-22(24)26/h5-16,23H,4,17H2,1-3H3,(H,27,29). The number of sulfonamides is 1. The van der Waals surface area contributed by atoms with Crippen molar-refractivity contribution in [1.82, 2.24) is 5.32 Å². The minimum absolute atomic E-state index is 0.0132. The van der Waals surface area contributed by atoms with Crippen molar-refractivity contribution in [1.29, 1.82) is 0 Å². The minimum atomic E-state index is -3.70. The van der Waals surface area contributed by atoms with Gasteiger partial charge < -0.3 is 5.32 Å². The van der Waals surface area contributed by atoms with E-state index in [4.69, 9.17) is 0 Å². The molecule has 32 heavy (non-hydrogen) atoms. The van der Waals surface area contributed by atoms with Crippen molar-refractivity contribution in [2.75, 3.05) is 10.6 Å².